The van der Waals surface area contributed by atoms with Gasteiger partial charge in [0.25, 0.3) is 0 Å². The van der Waals surface area contributed by atoms with Crippen LogP contribution in [0.3, 0.4) is 0 Å². The van der Waals surface area contributed by atoms with E-state index in [1.54, 1.807) is 20.1 Å². The first-order valence-electron chi connectivity index (χ1n) is 5.74. The van der Waals surface area contributed by atoms with Gasteiger partial charge in [-0.1, -0.05) is 0 Å². The minimum atomic E-state index is -0.736. The smallest absolute Gasteiger partial charge is 0.125 e. The molecule has 0 aromatic heterocycles. The summed E-state index contributed by atoms with van der Waals surface area (Å²) in [7, 11) is 1.66. The van der Waals surface area contributed by atoms with Gasteiger partial charge < -0.3 is 14.6 Å². The van der Waals surface area contributed by atoms with Crippen LogP contribution in [0.15, 0.2) is 18.2 Å². The Labute approximate surface area is 101 Å². The molecule has 0 saturated heterocycles. The van der Waals surface area contributed by atoms with Gasteiger partial charge in [-0.2, -0.15) is 0 Å². The zero-order chi connectivity index (χ0) is 12.7. The van der Waals surface area contributed by atoms with E-state index in [0.717, 1.165) is 12.8 Å². The molecular formula is C13H19FO3. The number of hydrogen-bond acceptors (Lipinski definition) is 3. The summed E-state index contributed by atoms with van der Waals surface area (Å²) in [4.78, 5) is 0. The van der Waals surface area contributed by atoms with Gasteiger partial charge in [0, 0.05) is 19.3 Å². The standard InChI is InChI=1S/C13H19FO3/c1-10(15)12-9-11(14)5-6-13(12)17-8-4-3-7-16-2/h5-6,9-10,15H,3-4,7-8H2,1-2H3. The van der Waals surface area contributed by atoms with Crippen molar-refractivity contribution in [2.24, 2.45) is 0 Å². The molecular weight excluding hydrogens is 223 g/mol. The molecule has 17 heavy (non-hydrogen) atoms. The van der Waals surface area contributed by atoms with Crippen molar-refractivity contribution in [1.29, 1.82) is 0 Å². The minimum Gasteiger partial charge on any atom is -0.493 e. The number of unbranched alkanes of at least 4 members (excludes halogenated alkanes) is 1. The lowest BCUT2D eigenvalue weighted by molar-refractivity contribution is 0.178. The number of ether oxygens (including phenoxy) is 2. The van der Waals surface area contributed by atoms with Gasteiger partial charge in [-0.05, 0) is 38.0 Å². The molecule has 0 bridgehead atoms. The average Bonchev–Trinajstić information content (AvgIpc) is 2.30. The van der Waals surface area contributed by atoms with Crippen LogP contribution in [-0.2, 0) is 4.74 Å². The summed E-state index contributed by atoms with van der Waals surface area (Å²) in [5.74, 6) is 0.173. The van der Waals surface area contributed by atoms with Gasteiger partial charge in [0.1, 0.15) is 11.6 Å². The molecule has 1 aromatic rings. The highest BCUT2D eigenvalue weighted by atomic mass is 19.1. The number of benzene rings is 1. The summed E-state index contributed by atoms with van der Waals surface area (Å²) in [6.45, 7) is 2.83. The molecule has 0 aliphatic rings. The molecule has 0 amide bonds. The van der Waals surface area contributed by atoms with Crippen LogP contribution in [0.5, 0.6) is 5.75 Å². The molecule has 1 N–H and O–H groups in total. The van der Waals surface area contributed by atoms with Crippen LogP contribution in [0.25, 0.3) is 0 Å². The number of methoxy groups -OCH3 is 1. The van der Waals surface area contributed by atoms with Crippen LogP contribution in [0.2, 0.25) is 0 Å². The van der Waals surface area contributed by atoms with E-state index in [0.29, 0.717) is 24.5 Å². The molecule has 1 aromatic carbocycles. The Morgan fingerprint density at radius 1 is 1.29 bits per heavy atom. The second-order valence-electron chi connectivity index (χ2n) is 3.91. The highest BCUT2D eigenvalue weighted by Gasteiger charge is 2.10. The lowest BCUT2D eigenvalue weighted by atomic mass is 10.1. The highest BCUT2D eigenvalue weighted by Crippen LogP contribution is 2.26. The topological polar surface area (TPSA) is 38.7 Å². The Morgan fingerprint density at radius 2 is 2.00 bits per heavy atom. The summed E-state index contributed by atoms with van der Waals surface area (Å²) < 4.78 is 23.5. The molecule has 1 rings (SSSR count). The van der Waals surface area contributed by atoms with Crippen molar-refractivity contribution in [1.82, 2.24) is 0 Å². The van der Waals surface area contributed by atoms with E-state index in [4.69, 9.17) is 9.47 Å². The van der Waals surface area contributed by atoms with Crippen LogP contribution in [0.4, 0.5) is 4.39 Å². The van der Waals surface area contributed by atoms with E-state index < -0.39 is 6.10 Å². The van der Waals surface area contributed by atoms with E-state index in [-0.39, 0.29) is 5.82 Å². The SMILES string of the molecule is COCCCCOc1ccc(F)cc1C(C)O. The van der Waals surface area contributed by atoms with Crippen molar-refractivity contribution < 1.29 is 19.0 Å². The largest absolute Gasteiger partial charge is 0.493 e. The molecule has 0 aliphatic heterocycles. The summed E-state index contributed by atoms with van der Waals surface area (Å²) in [5.41, 5.74) is 0.483. The normalized spacial score (nSPS) is 12.5. The van der Waals surface area contributed by atoms with Gasteiger partial charge in [0.2, 0.25) is 0 Å². The van der Waals surface area contributed by atoms with E-state index in [1.807, 2.05) is 0 Å². The molecule has 0 fully saturated rings. The quantitative estimate of drug-likeness (QED) is 0.747. The van der Waals surface area contributed by atoms with Crippen LogP contribution in [0.1, 0.15) is 31.4 Å². The molecule has 0 radical (unpaired) electrons. The van der Waals surface area contributed by atoms with Crippen LogP contribution < -0.4 is 4.74 Å². The number of rotatable bonds is 7. The van der Waals surface area contributed by atoms with Gasteiger partial charge in [-0.15, -0.1) is 0 Å². The van der Waals surface area contributed by atoms with Gasteiger partial charge in [0.05, 0.1) is 12.7 Å². The van der Waals surface area contributed by atoms with E-state index in [2.05, 4.69) is 0 Å². The Morgan fingerprint density at radius 3 is 2.65 bits per heavy atom. The fraction of sp³-hybridized carbons (Fsp3) is 0.538. The monoisotopic (exact) mass is 242 g/mol. The third-order valence-corrected chi connectivity index (χ3v) is 2.42. The first-order valence-corrected chi connectivity index (χ1v) is 5.74. The molecule has 0 spiro atoms. The van der Waals surface area contributed by atoms with Crippen molar-refractivity contribution in [3.8, 4) is 5.75 Å². The highest BCUT2D eigenvalue weighted by molar-refractivity contribution is 5.35. The Bertz CT molecular complexity index is 339. The minimum absolute atomic E-state index is 0.368. The predicted octanol–water partition coefficient (Wildman–Crippen LogP) is 2.68. The second kappa shape index (κ2) is 7.25. The third kappa shape index (κ3) is 4.71. The Kier molecular flexibility index (Phi) is 5.94. The van der Waals surface area contributed by atoms with E-state index in [1.165, 1.54) is 12.1 Å². The van der Waals surface area contributed by atoms with E-state index in [9.17, 15) is 9.50 Å². The molecule has 1 atom stereocenters. The van der Waals surface area contributed by atoms with Crippen molar-refractivity contribution >= 4 is 0 Å². The lowest BCUT2D eigenvalue weighted by Crippen LogP contribution is -2.04. The second-order valence-corrected chi connectivity index (χ2v) is 3.91. The van der Waals surface area contributed by atoms with Crippen molar-refractivity contribution in [3.63, 3.8) is 0 Å². The Balaban J connectivity index is 2.52. The van der Waals surface area contributed by atoms with Crippen molar-refractivity contribution in [2.75, 3.05) is 20.3 Å². The maximum Gasteiger partial charge on any atom is 0.125 e. The molecule has 3 nitrogen and oxygen atoms in total. The zero-order valence-corrected chi connectivity index (χ0v) is 10.3. The fourth-order valence-electron chi connectivity index (χ4n) is 1.51. The molecule has 0 heterocycles. The number of halogens is 1. The third-order valence-electron chi connectivity index (χ3n) is 2.42. The first kappa shape index (κ1) is 13.9. The van der Waals surface area contributed by atoms with Gasteiger partial charge in [-0.25, -0.2) is 4.39 Å². The molecule has 0 saturated carbocycles. The van der Waals surface area contributed by atoms with Gasteiger partial charge in [0.15, 0.2) is 0 Å². The van der Waals surface area contributed by atoms with E-state index >= 15 is 0 Å². The lowest BCUT2D eigenvalue weighted by Gasteiger charge is -2.13. The molecule has 0 aliphatic carbocycles. The number of aliphatic hydroxyl groups is 1. The average molecular weight is 242 g/mol. The molecule has 1 unspecified atom stereocenters. The Hall–Kier alpha value is -1.13. The van der Waals surface area contributed by atoms with Crippen molar-refractivity contribution in [3.05, 3.63) is 29.6 Å². The molecule has 96 valence electrons. The summed E-state index contributed by atoms with van der Waals surface area (Å²) in [6, 6.07) is 4.18. The zero-order valence-electron chi connectivity index (χ0n) is 10.3. The summed E-state index contributed by atoms with van der Waals surface area (Å²) in [5, 5.41) is 9.50. The number of aliphatic hydroxyl groups excluding tert-OH is 1. The maximum atomic E-state index is 13.0. The predicted molar refractivity (Wildman–Crippen MR) is 63.6 cm³/mol. The van der Waals surface area contributed by atoms with Gasteiger partial charge >= 0.3 is 0 Å². The van der Waals surface area contributed by atoms with Crippen LogP contribution in [-0.4, -0.2) is 25.4 Å². The van der Waals surface area contributed by atoms with Crippen molar-refractivity contribution in [2.45, 2.75) is 25.9 Å². The number of hydrogen-bond donors (Lipinski definition) is 1. The van der Waals surface area contributed by atoms with Gasteiger partial charge in [-0.3, -0.25) is 0 Å². The van der Waals surface area contributed by atoms with Crippen LogP contribution >= 0.6 is 0 Å². The first-order chi connectivity index (χ1) is 8.15. The van der Waals surface area contributed by atoms with Crippen LogP contribution in [0, 0.1) is 5.82 Å². The maximum absolute atomic E-state index is 13.0. The summed E-state index contributed by atoms with van der Waals surface area (Å²) in [6.07, 6.45) is 1.05. The fourth-order valence-corrected chi connectivity index (χ4v) is 1.51. The summed E-state index contributed by atoms with van der Waals surface area (Å²) >= 11 is 0. The molecule has 4 heteroatoms.